The molecule has 3 nitrogen and oxygen atoms in total. The van der Waals surface area contributed by atoms with Gasteiger partial charge in [-0.1, -0.05) is 22.9 Å². The lowest BCUT2D eigenvalue weighted by molar-refractivity contribution is 0.457. The highest BCUT2D eigenvalue weighted by atomic mass is 79.9. The molecule has 0 bridgehead atoms. The highest BCUT2D eigenvalue weighted by Gasteiger charge is 2.13. The van der Waals surface area contributed by atoms with Crippen LogP contribution < -0.4 is 10.1 Å². The lowest BCUT2D eigenvalue weighted by atomic mass is 10.1. The zero-order valence-corrected chi connectivity index (χ0v) is 13.6. The van der Waals surface area contributed by atoms with E-state index in [0.717, 1.165) is 33.8 Å². The minimum absolute atomic E-state index is 0.226. The van der Waals surface area contributed by atoms with Gasteiger partial charge in [-0.3, -0.25) is 4.98 Å². The topological polar surface area (TPSA) is 34.1 Å². The largest absolute Gasteiger partial charge is 0.455 e. The summed E-state index contributed by atoms with van der Waals surface area (Å²) in [6.07, 6.45) is 1.77. The Hall–Kier alpha value is -1.39. The Morgan fingerprint density at radius 2 is 2.10 bits per heavy atom. The highest BCUT2D eigenvalue weighted by molar-refractivity contribution is 9.10. The van der Waals surface area contributed by atoms with Crippen LogP contribution in [0.4, 0.5) is 0 Å². The molecule has 1 aromatic carbocycles. The van der Waals surface area contributed by atoms with Crippen LogP contribution in [-0.2, 0) is 0 Å². The van der Waals surface area contributed by atoms with Crippen molar-refractivity contribution < 1.29 is 4.74 Å². The van der Waals surface area contributed by atoms with Crippen molar-refractivity contribution in [3.05, 3.63) is 52.3 Å². The number of aromatic nitrogens is 1. The number of nitrogens with one attached hydrogen (secondary N) is 1. The van der Waals surface area contributed by atoms with Crippen LogP contribution in [0.2, 0.25) is 0 Å². The minimum Gasteiger partial charge on any atom is -0.455 e. The summed E-state index contributed by atoms with van der Waals surface area (Å²) in [6, 6.07) is 10.1. The van der Waals surface area contributed by atoms with E-state index in [-0.39, 0.29) is 6.04 Å². The molecule has 0 radical (unpaired) electrons. The van der Waals surface area contributed by atoms with Crippen LogP contribution in [-0.4, -0.2) is 11.5 Å². The van der Waals surface area contributed by atoms with Crippen molar-refractivity contribution in [3.63, 3.8) is 0 Å². The van der Waals surface area contributed by atoms with Gasteiger partial charge in [-0.2, -0.15) is 0 Å². The van der Waals surface area contributed by atoms with Crippen LogP contribution in [0.1, 0.15) is 31.1 Å². The summed E-state index contributed by atoms with van der Waals surface area (Å²) in [4.78, 5) is 4.25. The average Bonchev–Trinajstić information content (AvgIpc) is 2.43. The second-order valence-corrected chi connectivity index (χ2v) is 5.57. The van der Waals surface area contributed by atoms with E-state index in [1.54, 1.807) is 6.20 Å². The van der Waals surface area contributed by atoms with E-state index < -0.39 is 0 Å². The van der Waals surface area contributed by atoms with E-state index in [0.29, 0.717) is 0 Å². The maximum atomic E-state index is 6.04. The first-order chi connectivity index (χ1) is 9.61. The third-order valence-corrected chi connectivity index (χ3v) is 3.62. The van der Waals surface area contributed by atoms with E-state index in [1.807, 2.05) is 31.2 Å². The predicted molar refractivity (Wildman–Crippen MR) is 85.3 cm³/mol. The van der Waals surface area contributed by atoms with Crippen molar-refractivity contribution in [2.75, 3.05) is 6.54 Å². The highest BCUT2D eigenvalue weighted by Crippen LogP contribution is 2.32. The smallest absolute Gasteiger partial charge is 0.148 e. The summed E-state index contributed by atoms with van der Waals surface area (Å²) in [7, 11) is 0. The van der Waals surface area contributed by atoms with Crippen molar-refractivity contribution in [1.29, 1.82) is 0 Å². The quantitative estimate of drug-likeness (QED) is 0.866. The zero-order valence-electron chi connectivity index (χ0n) is 12.0. The van der Waals surface area contributed by atoms with E-state index in [9.17, 15) is 0 Å². The number of ether oxygens (including phenoxy) is 1. The molecule has 0 saturated heterocycles. The summed E-state index contributed by atoms with van der Waals surface area (Å²) in [6.45, 7) is 7.09. The normalized spacial score (nSPS) is 12.2. The van der Waals surface area contributed by atoms with Gasteiger partial charge in [0.15, 0.2) is 0 Å². The molecule has 0 spiro atoms. The van der Waals surface area contributed by atoms with Gasteiger partial charge in [-0.05, 0) is 50.7 Å². The van der Waals surface area contributed by atoms with Crippen molar-refractivity contribution in [3.8, 4) is 11.5 Å². The first-order valence-electron chi connectivity index (χ1n) is 6.74. The molecule has 1 N–H and O–H groups in total. The van der Waals surface area contributed by atoms with Gasteiger partial charge in [0.1, 0.15) is 11.5 Å². The van der Waals surface area contributed by atoms with Gasteiger partial charge in [0.05, 0.1) is 5.69 Å². The van der Waals surface area contributed by atoms with Crippen LogP contribution in [0.3, 0.4) is 0 Å². The number of hydrogen-bond acceptors (Lipinski definition) is 3. The molecule has 0 aliphatic rings. The summed E-state index contributed by atoms with van der Waals surface area (Å²) in [5.74, 6) is 1.65. The first kappa shape index (κ1) is 15.0. The molecule has 1 aromatic heterocycles. The summed E-state index contributed by atoms with van der Waals surface area (Å²) >= 11 is 3.52. The number of hydrogen-bond donors (Lipinski definition) is 1. The Morgan fingerprint density at radius 3 is 2.80 bits per heavy atom. The molecule has 0 saturated carbocycles. The molecule has 2 rings (SSSR count). The maximum Gasteiger partial charge on any atom is 0.148 e. The number of benzene rings is 1. The molecule has 106 valence electrons. The molecule has 0 aliphatic heterocycles. The molecule has 20 heavy (non-hydrogen) atoms. The van der Waals surface area contributed by atoms with Gasteiger partial charge in [0.2, 0.25) is 0 Å². The van der Waals surface area contributed by atoms with E-state index in [2.05, 4.69) is 46.1 Å². The molecule has 1 heterocycles. The Morgan fingerprint density at radius 1 is 1.30 bits per heavy atom. The number of rotatable bonds is 5. The predicted octanol–water partition coefficient (Wildman–Crippen LogP) is 4.62. The molecule has 2 aromatic rings. The lowest BCUT2D eigenvalue weighted by Crippen LogP contribution is -2.18. The zero-order chi connectivity index (χ0) is 14.5. The van der Waals surface area contributed by atoms with Gasteiger partial charge in [-0.25, -0.2) is 0 Å². The fourth-order valence-electron chi connectivity index (χ4n) is 2.06. The second-order valence-electron chi connectivity index (χ2n) is 4.65. The second kappa shape index (κ2) is 6.86. The number of halogens is 1. The molecule has 0 aliphatic carbocycles. The Balaban J connectivity index is 2.34. The third kappa shape index (κ3) is 3.58. The molecule has 1 unspecified atom stereocenters. The SMILES string of the molecule is CCNC(C)c1cc(Br)ccc1Oc1cccnc1C. The average molecular weight is 335 g/mol. The van der Waals surface area contributed by atoms with Crippen molar-refractivity contribution in [1.82, 2.24) is 10.3 Å². The van der Waals surface area contributed by atoms with Crippen LogP contribution in [0.25, 0.3) is 0 Å². The monoisotopic (exact) mass is 334 g/mol. The van der Waals surface area contributed by atoms with Gasteiger partial charge < -0.3 is 10.1 Å². The number of aryl methyl sites for hydroxylation is 1. The van der Waals surface area contributed by atoms with Gasteiger partial charge in [0.25, 0.3) is 0 Å². The lowest BCUT2D eigenvalue weighted by Gasteiger charge is -2.18. The Bertz CT molecular complexity index is 586. The molecule has 0 fully saturated rings. The molecular formula is C16H19BrN2O. The van der Waals surface area contributed by atoms with Crippen LogP contribution in [0.5, 0.6) is 11.5 Å². The van der Waals surface area contributed by atoms with Crippen molar-refractivity contribution >= 4 is 15.9 Å². The summed E-state index contributed by atoms with van der Waals surface area (Å²) in [5.41, 5.74) is 2.02. The summed E-state index contributed by atoms with van der Waals surface area (Å²) in [5, 5.41) is 3.41. The van der Waals surface area contributed by atoms with Crippen LogP contribution in [0.15, 0.2) is 41.0 Å². The number of pyridine rings is 1. The van der Waals surface area contributed by atoms with E-state index in [4.69, 9.17) is 4.74 Å². The van der Waals surface area contributed by atoms with Crippen molar-refractivity contribution in [2.45, 2.75) is 26.8 Å². The maximum absolute atomic E-state index is 6.04. The molecule has 1 atom stereocenters. The Kier molecular flexibility index (Phi) is 5.15. The number of nitrogens with zero attached hydrogens (tertiary/aromatic N) is 1. The van der Waals surface area contributed by atoms with Gasteiger partial charge in [-0.15, -0.1) is 0 Å². The fraction of sp³-hybridized carbons (Fsp3) is 0.312. The van der Waals surface area contributed by atoms with E-state index >= 15 is 0 Å². The fourth-order valence-corrected chi connectivity index (χ4v) is 2.44. The first-order valence-corrected chi connectivity index (χ1v) is 7.53. The molecular weight excluding hydrogens is 316 g/mol. The minimum atomic E-state index is 0.226. The molecule has 0 amide bonds. The summed E-state index contributed by atoms with van der Waals surface area (Å²) < 4.78 is 7.09. The standard InChI is InChI=1S/C16H19BrN2O/c1-4-18-11(2)14-10-13(17)7-8-16(14)20-15-6-5-9-19-12(15)3/h5-11,18H,4H2,1-3H3. The third-order valence-electron chi connectivity index (χ3n) is 3.13. The van der Waals surface area contributed by atoms with E-state index in [1.165, 1.54) is 0 Å². The van der Waals surface area contributed by atoms with Gasteiger partial charge >= 0.3 is 0 Å². The molecule has 4 heteroatoms. The van der Waals surface area contributed by atoms with Crippen LogP contribution >= 0.6 is 15.9 Å². The van der Waals surface area contributed by atoms with Gasteiger partial charge in [0, 0.05) is 22.3 Å². The Labute approximate surface area is 128 Å². The van der Waals surface area contributed by atoms with Crippen LogP contribution in [0, 0.1) is 6.92 Å². The van der Waals surface area contributed by atoms with Crippen molar-refractivity contribution in [2.24, 2.45) is 0 Å².